The Morgan fingerprint density at radius 1 is 0.939 bits per heavy atom. The van der Waals surface area contributed by atoms with Crippen molar-refractivity contribution < 1.29 is 27.8 Å². The zero-order chi connectivity index (χ0) is 23.2. The third kappa shape index (κ3) is 4.19. The maximum Gasteiger partial charge on any atom is 0.258 e. The number of nitrogens with zero attached hydrogens (tertiary/aromatic N) is 1. The highest BCUT2D eigenvalue weighted by Crippen LogP contribution is 2.36. The molecule has 0 aliphatic carbocycles. The van der Waals surface area contributed by atoms with E-state index in [2.05, 4.69) is 4.72 Å². The summed E-state index contributed by atoms with van der Waals surface area (Å²) in [7, 11) is -3.58. The molecule has 0 unspecified atom stereocenters. The fourth-order valence-electron chi connectivity index (χ4n) is 4.11. The second-order valence-electron chi connectivity index (χ2n) is 8.01. The van der Waals surface area contributed by atoms with Gasteiger partial charge in [0, 0.05) is 17.8 Å². The molecule has 0 aromatic heterocycles. The highest BCUT2D eigenvalue weighted by molar-refractivity contribution is 7.92. The van der Waals surface area contributed by atoms with Gasteiger partial charge in [-0.05, 0) is 59.5 Å². The molecule has 2 N–H and O–H groups in total. The number of nitrogens with one attached hydrogen (secondary N) is 1. The number of rotatable bonds is 4. The Bertz CT molecular complexity index is 1370. The molecule has 3 aromatic rings. The first kappa shape index (κ1) is 21.1. The van der Waals surface area contributed by atoms with Crippen LogP contribution in [0.5, 0.6) is 17.2 Å². The summed E-state index contributed by atoms with van der Waals surface area (Å²) in [5, 5.41) is 9.99. The van der Waals surface area contributed by atoms with E-state index in [1.165, 1.54) is 12.1 Å². The van der Waals surface area contributed by atoms with Gasteiger partial charge in [0.1, 0.15) is 19.0 Å². The first-order valence-electron chi connectivity index (χ1n) is 10.4. The lowest BCUT2D eigenvalue weighted by molar-refractivity contribution is 0.0980. The largest absolute Gasteiger partial charge is 0.506 e. The number of phenolic OH excluding ortho intramolecular Hbond substituents is 1. The van der Waals surface area contributed by atoms with Crippen molar-refractivity contribution in [2.24, 2.45) is 0 Å². The molecule has 0 fully saturated rings. The molecule has 1 amide bonds. The smallest absolute Gasteiger partial charge is 0.258 e. The van der Waals surface area contributed by atoms with Gasteiger partial charge in [0.15, 0.2) is 11.5 Å². The van der Waals surface area contributed by atoms with Crippen molar-refractivity contribution in [1.29, 1.82) is 0 Å². The van der Waals surface area contributed by atoms with E-state index in [0.29, 0.717) is 43.2 Å². The van der Waals surface area contributed by atoms with Crippen LogP contribution in [0.15, 0.2) is 54.6 Å². The summed E-state index contributed by atoms with van der Waals surface area (Å²) < 4.78 is 36.7. The lowest BCUT2D eigenvalue weighted by Gasteiger charge is -2.29. The Morgan fingerprint density at radius 3 is 2.45 bits per heavy atom. The van der Waals surface area contributed by atoms with Crippen LogP contribution in [0.2, 0.25) is 0 Å². The van der Waals surface area contributed by atoms with Crippen molar-refractivity contribution in [3.63, 3.8) is 0 Å². The van der Waals surface area contributed by atoms with E-state index in [4.69, 9.17) is 9.47 Å². The number of hydrogen-bond donors (Lipinski definition) is 2. The van der Waals surface area contributed by atoms with E-state index in [0.717, 1.165) is 28.7 Å². The van der Waals surface area contributed by atoms with Crippen LogP contribution in [-0.4, -0.2) is 45.4 Å². The van der Waals surface area contributed by atoms with Crippen LogP contribution in [0, 0.1) is 0 Å². The lowest BCUT2D eigenvalue weighted by atomic mass is 9.93. The van der Waals surface area contributed by atoms with E-state index in [-0.39, 0.29) is 17.3 Å². The Morgan fingerprint density at radius 2 is 1.67 bits per heavy atom. The second kappa shape index (κ2) is 8.00. The highest BCUT2D eigenvalue weighted by Gasteiger charge is 2.27. The number of anilines is 2. The van der Waals surface area contributed by atoms with Gasteiger partial charge in [0.25, 0.3) is 5.91 Å². The predicted octanol–water partition coefficient (Wildman–Crippen LogP) is 3.40. The van der Waals surface area contributed by atoms with Crippen LogP contribution in [0.1, 0.15) is 15.9 Å². The summed E-state index contributed by atoms with van der Waals surface area (Å²) in [6.45, 7) is 1.49. The lowest BCUT2D eigenvalue weighted by Crippen LogP contribution is -2.37. The van der Waals surface area contributed by atoms with Crippen LogP contribution >= 0.6 is 0 Å². The van der Waals surface area contributed by atoms with Gasteiger partial charge in [-0.15, -0.1) is 0 Å². The molecule has 33 heavy (non-hydrogen) atoms. The molecule has 2 aliphatic heterocycles. The van der Waals surface area contributed by atoms with Crippen LogP contribution < -0.4 is 19.1 Å². The number of carbonyl (C=O) groups is 1. The number of hydrogen-bond acceptors (Lipinski definition) is 6. The molecular formula is C24H22N2O6S. The Kier molecular flexibility index (Phi) is 5.13. The standard InChI is InChI=1S/C24H22N2O6S/c1-33(29,30)25-20-14-18(4-6-21(20)27)26-9-8-17-12-15(2-5-19(17)24(26)28)16-3-7-22-23(13-16)32-11-10-31-22/h2-7,12-14,25,27H,8-11H2,1H3. The normalized spacial score (nSPS) is 15.2. The minimum Gasteiger partial charge on any atom is -0.506 e. The maximum atomic E-state index is 13.2. The molecule has 0 saturated carbocycles. The fraction of sp³-hybridized carbons (Fsp3) is 0.208. The fourth-order valence-corrected chi connectivity index (χ4v) is 4.67. The molecular weight excluding hydrogens is 444 g/mol. The van der Waals surface area contributed by atoms with Gasteiger partial charge >= 0.3 is 0 Å². The van der Waals surface area contributed by atoms with Crippen LogP contribution in [-0.2, 0) is 16.4 Å². The summed E-state index contributed by atoms with van der Waals surface area (Å²) in [6, 6.07) is 16.0. The van der Waals surface area contributed by atoms with E-state index in [9.17, 15) is 18.3 Å². The average Bonchev–Trinajstić information content (AvgIpc) is 2.79. The number of phenols is 1. The molecule has 5 rings (SSSR count). The van der Waals surface area contributed by atoms with Gasteiger partial charge in [-0.1, -0.05) is 18.2 Å². The van der Waals surface area contributed by atoms with Crippen LogP contribution in [0.25, 0.3) is 11.1 Å². The third-order valence-corrected chi connectivity index (χ3v) is 6.24. The topological polar surface area (TPSA) is 105 Å². The molecule has 0 atom stereocenters. The summed E-state index contributed by atoms with van der Waals surface area (Å²) in [5.41, 5.74) is 4.03. The quantitative estimate of drug-likeness (QED) is 0.571. The van der Waals surface area contributed by atoms with E-state index < -0.39 is 10.0 Å². The van der Waals surface area contributed by atoms with Crippen LogP contribution in [0.3, 0.4) is 0 Å². The number of benzene rings is 3. The highest BCUT2D eigenvalue weighted by atomic mass is 32.2. The van der Waals surface area contributed by atoms with E-state index in [1.54, 1.807) is 11.0 Å². The Hall–Kier alpha value is -3.72. The molecule has 8 nitrogen and oxygen atoms in total. The third-order valence-electron chi connectivity index (χ3n) is 5.65. The van der Waals surface area contributed by atoms with Gasteiger partial charge in [0.2, 0.25) is 10.0 Å². The first-order chi connectivity index (χ1) is 15.8. The molecule has 0 spiro atoms. The van der Waals surface area contributed by atoms with Crippen molar-refractivity contribution in [1.82, 2.24) is 0 Å². The predicted molar refractivity (Wildman–Crippen MR) is 125 cm³/mol. The van der Waals surface area contributed by atoms with Gasteiger partial charge in [-0.25, -0.2) is 8.42 Å². The van der Waals surface area contributed by atoms with E-state index >= 15 is 0 Å². The average molecular weight is 467 g/mol. The van der Waals surface area contributed by atoms with Gasteiger partial charge in [-0.2, -0.15) is 0 Å². The van der Waals surface area contributed by atoms with Crippen molar-refractivity contribution in [2.75, 3.05) is 35.6 Å². The zero-order valence-electron chi connectivity index (χ0n) is 17.9. The number of sulfonamides is 1. The maximum absolute atomic E-state index is 13.2. The number of carbonyl (C=O) groups excluding carboxylic acids is 1. The minimum atomic E-state index is -3.58. The van der Waals surface area contributed by atoms with Crippen molar-refractivity contribution in [2.45, 2.75) is 6.42 Å². The monoisotopic (exact) mass is 466 g/mol. The molecule has 0 bridgehead atoms. The minimum absolute atomic E-state index is 0.0301. The number of aromatic hydroxyl groups is 1. The number of amides is 1. The molecule has 170 valence electrons. The Labute approximate surface area is 191 Å². The van der Waals surface area contributed by atoms with E-state index in [1.807, 2.05) is 36.4 Å². The molecule has 2 heterocycles. The van der Waals surface area contributed by atoms with Crippen molar-refractivity contribution in [3.05, 3.63) is 65.7 Å². The molecule has 0 radical (unpaired) electrons. The molecule has 2 aliphatic rings. The summed E-state index contributed by atoms with van der Waals surface area (Å²) >= 11 is 0. The molecule has 0 saturated heterocycles. The van der Waals surface area contributed by atoms with Gasteiger partial charge in [-0.3, -0.25) is 9.52 Å². The summed E-state index contributed by atoms with van der Waals surface area (Å²) in [4.78, 5) is 14.8. The molecule has 9 heteroatoms. The van der Waals surface area contributed by atoms with Crippen molar-refractivity contribution in [3.8, 4) is 28.4 Å². The van der Waals surface area contributed by atoms with Gasteiger partial charge in [0.05, 0.1) is 11.9 Å². The van der Waals surface area contributed by atoms with Crippen LogP contribution in [0.4, 0.5) is 11.4 Å². The second-order valence-corrected chi connectivity index (χ2v) is 9.76. The SMILES string of the molecule is CS(=O)(=O)Nc1cc(N2CCc3cc(-c4ccc5c(c4)OCCO5)ccc3C2=O)ccc1O. The number of fused-ring (bicyclic) bond motifs is 2. The summed E-state index contributed by atoms with van der Waals surface area (Å²) in [6.07, 6.45) is 1.63. The van der Waals surface area contributed by atoms with Gasteiger partial charge < -0.3 is 19.5 Å². The van der Waals surface area contributed by atoms with Crippen molar-refractivity contribution >= 4 is 27.3 Å². The number of ether oxygens (including phenoxy) is 2. The first-order valence-corrected chi connectivity index (χ1v) is 12.3. The Balaban J connectivity index is 1.43. The summed E-state index contributed by atoms with van der Waals surface area (Å²) in [5.74, 6) is 1.05. The molecule has 3 aromatic carbocycles. The zero-order valence-corrected chi connectivity index (χ0v) is 18.7.